The Kier molecular flexibility index (Phi) is 3.11. The van der Waals surface area contributed by atoms with Gasteiger partial charge in [0.15, 0.2) is 0 Å². The van der Waals surface area contributed by atoms with Crippen molar-refractivity contribution < 1.29 is 4.74 Å². The second-order valence-corrected chi connectivity index (χ2v) is 4.13. The molecule has 1 aliphatic rings. The van der Waals surface area contributed by atoms with Crippen molar-refractivity contribution in [1.29, 1.82) is 5.26 Å². The smallest absolute Gasteiger partial charge is 0.0828 e. The monoisotopic (exact) mass is 167 g/mol. The summed E-state index contributed by atoms with van der Waals surface area (Å²) in [5, 5.41) is 9.00. The van der Waals surface area contributed by atoms with Crippen molar-refractivity contribution in [3.8, 4) is 6.07 Å². The summed E-state index contributed by atoms with van der Waals surface area (Å²) in [5.74, 6) is 0.691. The fraction of sp³-hybridized carbons (Fsp3) is 0.900. The molecular weight excluding hydrogens is 150 g/mol. The van der Waals surface area contributed by atoms with Crippen LogP contribution < -0.4 is 0 Å². The van der Waals surface area contributed by atoms with E-state index in [-0.39, 0.29) is 5.41 Å². The summed E-state index contributed by atoms with van der Waals surface area (Å²) in [6, 6.07) is 2.41. The number of nitriles is 1. The zero-order chi connectivity index (χ0) is 9.03. The summed E-state index contributed by atoms with van der Waals surface area (Å²) >= 11 is 0. The average Bonchev–Trinajstić information content (AvgIpc) is 2.50. The predicted molar refractivity (Wildman–Crippen MR) is 47.6 cm³/mol. The van der Waals surface area contributed by atoms with E-state index in [1.807, 2.05) is 0 Å². The van der Waals surface area contributed by atoms with Crippen LogP contribution in [0.25, 0.3) is 0 Å². The summed E-state index contributed by atoms with van der Waals surface area (Å²) in [6.45, 7) is 5.81. The molecule has 0 radical (unpaired) electrons. The van der Waals surface area contributed by atoms with Crippen LogP contribution in [-0.4, -0.2) is 13.2 Å². The zero-order valence-corrected chi connectivity index (χ0v) is 7.97. The van der Waals surface area contributed by atoms with Gasteiger partial charge in [0, 0.05) is 6.61 Å². The molecule has 1 atom stereocenters. The first-order valence-corrected chi connectivity index (χ1v) is 4.67. The number of hydrogen-bond donors (Lipinski definition) is 0. The molecule has 0 saturated carbocycles. The maximum absolute atomic E-state index is 9.00. The normalized spacial score (nSPS) is 29.2. The Bertz CT molecular complexity index is 175. The van der Waals surface area contributed by atoms with Crippen LogP contribution in [0.1, 0.15) is 33.1 Å². The van der Waals surface area contributed by atoms with Gasteiger partial charge in [-0.25, -0.2) is 0 Å². The molecule has 0 bridgehead atoms. The van der Waals surface area contributed by atoms with E-state index in [4.69, 9.17) is 10.00 Å². The first-order chi connectivity index (χ1) is 5.68. The van der Waals surface area contributed by atoms with Gasteiger partial charge in [-0.3, -0.25) is 0 Å². The van der Waals surface area contributed by atoms with Crippen molar-refractivity contribution in [3.05, 3.63) is 0 Å². The fourth-order valence-corrected chi connectivity index (χ4v) is 1.51. The number of hydrogen-bond acceptors (Lipinski definition) is 2. The van der Waals surface area contributed by atoms with E-state index < -0.39 is 0 Å². The number of nitrogens with zero attached hydrogens (tertiary/aromatic N) is 1. The van der Waals surface area contributed by atoms with Crippen LogP contribution >= 0.6 is 0 Å². The molecule has 1 aliphatic heterocycles. The molecule has 0 aliphatic carbocycles. The van der Waals surface area contributed by atoms with Crippen molar-refractivity contribution in [2.45, 2.75) is 33.1 Å². The predicted octanol–water partition coefficient (Wildman–Crippen LogP) is 2.35. The summed E-state index contributed by atoms with van der Waals surface area (Å²) in [7, 11) is 0. The van der Waals surface area contributed by atoms with Crippen LogP contribution in [0.3, 0.4) is 0 Å². The second kappa shape index (κ2) is 3.91. The molecule has 1 rings (SSSR count). The fourth-order valence-electron chi connectivity index (χ4n) is 1.51. The van der Waals surface area contributed by atoms with Crippen molar-refractivity contribution in [2.24, 2.45) is 11.3 Å². The molecule has 0 N–H and O–H groups in total. The topological polar surface area (TPSA) is 33.0 Å². The molecule has 12 heavy (non-hydrogen) atoms. The highest BCUT2D eigenvalue weighted by molar-refractivity contribution is 5.01. The van der Waals surface area contributed by atoms with Gasteiger partial charge in [0.1, 0.15) is 0 Å². The van der Waals surface area contributed by atoms with E-state index in [1.54, 1.807) is 0 Å². The lowest BCUT2D eigenvalue weighted by molar-refractivity contribution is 0.166. The van der Waals surface area contributed by atoms with E-state index in [1.165, 1.54) is 0 Å². The lowest BCUT2D eigenvalue weighted by atomic mass is 9.82. The van der Waals surface area contributed by atoms with E-state index >= 15 is 0 Å². The van der Waals surface area contributed by atoms with Crippen LogP contribution in [0.15, 0.2) is 0 Å². The van der Waals surface area contributed by atoms with Gasteiger partial charge in [-0.05, 0) is 25.2 Å². The molecule has 0 aromatic heterocycles. The largest absolute Gasteiger partial charge is 0.380 e. The lowest BCUT2D eigenvalue weighted by Gasteiger charge is -2.18. The summed E-state index contributed by atoms with van der Waals surface area (Å²) in [4.78, 5) is 0. The van der Waals surface area contributed by atoms with E-state index in [9.17, 15) is 0 Å². The van der Waals surface area contributed by atoms with E-state index in [0.717, 1.165) is 25.9 Å². The molecule has 1 fully saturated rings. The zero-order valence-electron chi connectivity index (χ0n) is 7.97. The van der Waals surface area contributed by atoms with Gasteiger partial charge in [-0.15, -0.1) is 0 Å². The third-order valence-electron chi connectivity index (χ3n) is 2.54. The number of rotatable bonds is 3. The minimum atomic E-state index is -0.149. The highest BCUT2D eigenvalue weighted by atomic mass is 16.5. The lowest BCUT2D eigenvalue weighted by Crippen LogP contribution is -2.18. The Morgan fingerprint density at radius 2 is 2.33 bits per heavy atom. The molecule has 0 aromatic rings. The van der Waals surface area contributed by atoms with Gasteiger partial charge in [0.25, 0.3) is 0 Å². The Labute approximate surface area is 74.5 Å². The van der Waals surface area contributed by atoms with Crippen molar-refractivity contribution in [1.82, 2.24) is 0 Å². The van der Waals surface area contributed by atoms with Gasteiger partial charge in [-0.1, -0.05) is 13.8 Å². The molecular formula is C10H17NO. The van der Waals surface area contributed by atoms with Crippen LogP contribution in [0, 0.1) is 22.7 Å². The molecule has 2 nitrogen and oxygen atoms in total. The van der Waals surface area contributed by atoms with E-state index in [0.29, 0.717) is 12.5 Å². The third kappa shape index (κ3) is 2.22. The molecule has 0 spiro atoms. The Morgan fingerprint density at radius 3 is 2.75 bits per heavy atom. The van der Waals surface area contributed by atoms with Crippen molar-refractivity contribution >= 4 is 0 Å². The first-order valence-electron chi connectivity index (χ1n) is 4.67. The molecule has 1 unspecified atom stereocenters. The molecule has 1 saturated heterocycles. The standard InChI is InChI=1S/C10H17NO/c1-9(2)3-4-10(7-11)5-6-12-8-10/h9H,3-6,8H2,1-2H3. The van der Waals surface area contributed by atoms with Crippen molar-refractivity contribution in [3.63, 3.8) is 0 Å². The van der Waals surface area contributed by atoms with Crippen molar-refractivity contribution in [2.75, 3.05) is 13.2 Å². The van der Waals surface area contributed by atoms with Gasteiger partial charge in [-0.2, -0.15) is 5.26 Å². The van der Waals surface area contributed by atoms with Gasteiger partial charge in [0.2, 0.25) is 0 Å². The van der Waals surface area contributed by atoms with Gasteiger partial charge in [0.05, 0.1) is 18.1 Å². The van der Waals surface area contributed by atoms with Crippen LogP contribution in [0.2, 0.25) is 0 Å². The van der Waals surface area contributed by atoms with Gasteiger partial charge >= 0.3 is 0 Å². The summed E-state index contributed by atoms with van der Waals surface area (Å²) in [5.41, 5.74) is -0.149. The maximum atomic E-state index is 9.00. The quantitative estimate of drug-likeness (QED) is 0.646. The van der Waals surface area contributed by atoms with Crippen LogP contribution in [-0.2, 0) is 4.74 Å². The summed E-state index contributed by atoms with van der Waals surface area (Å²) in [6.07, 6.45) is 3.06. The second-order valence-electron chi connectivity index (χ2n) is 4.13. The molecule has 0 amide bonds. The maximum Gasteiger partial charge on any atom is 0.0828 e. The molecule has 1 heterocycles. The average molecular weight is 167 g/mol. The SMILES string of the molecule is CC(C)CCC1(C#N)CCOC1. The van der Waals surface area contributed by atoms with Gasteiger partial charge < -0.3 is 4.74 Å². The summed E-state index contributed by atoms with van der Waals surface area (Å²) < 4.78 is 5.26. The third-order valence-corrected chi connectivity index (χ3v) is 2.54. The molecule has 68 valence electrons. The Hall–Kier alpha value is -0.550. The van der Waals surface area contributed by atoms with Crippen LogP contribution in [0.4, 0.5) is 0 Å². The molecule has 0 aromatic carbocycles. The minimum Gasteiger partial charge on any atom is -0.380 e. The van der Waals surface area contributed by atoms with E-state index in [2.05, 4.69) is 19.9 Å². The first kappa shape index (κ1) is 9.54. The number of ether oxygens (including phenoxy) is 1. The minimum absolute atomic E-state index is 0.149. The Morgan fingerprint density at radius 1 is 1.58 bits per heavy atom. The highest BCUT2D eigenvalue weighted by Crippen LogP contribution is 2.33. The highest BCUT2D eigenvalue weighted by Gasteiger charge is 2.34. The Balaban J connectivity index is 2.41. The molecule has 2 heteroatoms. The van der Waals surface area contributed by atoms with Crippen LogP contribution in [0.5, 0.6) is 0 Å².